The van der Waals surface area contributed by atoms with Gasteiger partial charge in [0.2, 0.25) is 6.23 Å². The smallest absolute Gasteiger partial charge is 0.384 e. The predicted molar refractivity (Wildman–Crippen MR) is 66.1 cm³/mol. The lowest BCUT2D eigenvalue weighted by molar-refractivity contribution is -0.141. The topological polar surface area (TPSA) is 131 Å². The summed E-state index contributed by atoms with van der Waals surface area (Å²) in [5.74, 6) is -3.87. The lowest BCUT2D eigenvalue weighted by Crippen LogP contribution is -2.41. The molecule has 1 aromatic rings. The van der Waals surface area contributed by atoms with Crippen molar-refractivity contribution in [3.05, 3.63) is 28.4 Å². The number of alkyl halides is 2. The van der Waals surface area contributed by atoms with E-state index in [0.717, 1.165) is 6.20 Å². The highest BCUT2D eigenvalue weighted by atomic mass is 31.2. The second kappa shape index (κ2) is 5.76. The summed E-state index contributed by atoms with van der Waals surface area (Å²) < 4.78 is 48.0. The van der Waals surface area contributed by atoms with Crippen LogP contribution >= 0.6 is 7.82 Å². The standard InChI is InChI=1S/C10H13F2N2O7P/c1-5-2-3-14(9(16)13-5)8-10(11,12)7(15)6(21-8)4-20-22(17,18)19/h2-3,6-8,15H,4H2,1H3,(H2,17,18,19)/t6-,7+,8-/m1/s1. The van der Waals surface area contributed by atoms with E-state index in [1.165, 1.54) is 13.0 Å². The molecule has 1 saturated heterocycles. The van der Waals surface area contributed by atoms with Crippen molar-refractivity contribution in [3.8, 4) is 0 Å². The van der Waals surface area contributed by atoms with Crippen LogP contribution in [0.2, 0.25) is 0 Å². The molecule has 2 rings (SSSR count). The number of hydrogen-bond acceptors (Lipinski definition) is 6. The number of aliphatic hydroxyl groups excluding tert-OH is 1. The van der Waals surface area contributed by atoms with Crippen LogP contribution in [0, 0.1) is 6.92 Å². The van der Waals surface area contributed by atoms with Gasteiger partial charge in [0.25, 0.3) is 0 Å². The first kappa shape index (κ1) is 17.1. The fourth-order valence-corrected chi connectivity index (χ4v) is 2.29. The van der Waals surface area contributed by atoms with E-state index < -0.39 is 44.5 Å². The van der Waals surface area contributed by atoms with Crippen LogP contribution in [-0.2, 0) is 13.8 Å². The molecule has 1 aromatic heterocycles. The maximum Gasteiger partial charge on any atom is 0.469 e. The number of rotatable bonds is 4. The Morgan fingerprint density at radius 3 is 2.73 bits per heavy atom. The van der Waals surface area contributed by atoms with Gasteiger partial charge in [-0.05, 0) is 13.0 Å². The Bertz CT molecular complexity index is 661. The first-order chi connectivity index (χ1) is 10.0. The van der Waals surface area contributed by atoms with Crippen LogP contribution in [0.25, 0.3) is 0 Å². The molecule has 2 heterocycles. The molecule has 0 unspecified atom stereocenters. The molecule has 1 aliphatic heterocycles. The van der Waals surface area contributed by atoms with E-state index in [1.807, 2.05) is 0 Å². The van der Waals surface area contributed by atoms with Gasteiger partial charge in [-0.3, -0.25) is 9.09 Å². The fourth-order valence-electron chi connectivity index (χ4n) is 1.95. The Balaban J connectivity index is 2.26. The van der Waals surface area contributed by atoms with Crippen LogP contribution in [0.5, 0.6) is 0 Å². The van der Waals surface area contributed by atoms with Gasteiger partial charge in [0, 0.05) is 11.9 Å². The van der Waals surface area contributed by atoms with E-state index in [-0.39, 0.29) is 0 Å². The second-order valence-electron chi connectivity index (χ2n) is 4.69. The number of aliphatic hydroxyl groups is 1. The molecule has 0 spiro atoms. The van der Waals surface area contributed by atoms with Crippen LogP contribution in [0.3, 0.4) is 0 Å². The second-order valence-corrected chi connectivity index (χ2v) is 5.93. The molecule has 9 nitrogen and oxygen atoms in total. The van der Waals surface area contributed by atoms with E-state index in [0.29, 0.717) is 10.3 Å². The van der Waals surface area contributed by atoms with Crippen molar-refractivity contribution in [3.63, 3.8) is 0 Å². The molecule has 12 heteroatoms. The highest BCUT2D eigenvalue weighted by molar-refractivity contribution is 7.46. The van der Waals surface area contributed by atoms with Crippen LogP contribution in [0.1, 0.15) is 11.9 Å². The van der Waals surface area contributed by atoms with Gasteiger partial charge in [0.05, 0.1) is 6.61 Å². The highest BCUT2D eigenvalue weighted by Gasteiger charge is 2.60. The number of aryl methyl sites for hydroxylation is 1. The number of phosphoric acid groups is 1. The lowest BCUT2D eigenvalue weighted by Gasteiger charge is -2.20. The largest absolute Gasteiger partial charge is 0.469 e. The molecule has 1 aliphatic rings. The monoisotopic (exact) mass is 342 g/mol. The van der Waals surface area contributed by atoms with E-state index >= 15 is 0 Å². The Kier molecular flexibility index (Phi) is 4.49. The van der Waals surface area contributed by atoms with Gasteiger partial charge in [-0.1, -0.05) is 0 Å². The molecular weight excluding hydrogens is 329 g/mol. The van der Waals surface area contributed by atoms with Gasteiger partial charge in [-0.15, -0.1) is 0 Å². The number of nitrogens with zero attached hydrogens (tertiary/aromatic N) is 2. The third-order valence-electron chi connectivity index (χ3n) is 3.01. The predicted octanol–water partition coefficient (Wildman–Crippen LogP) is -0.445. The molecule has 124 valence electrons. The number of phosphoric ester groups is 1. The highest BCUT2D eigenvalue weighted by Crippen LogP contribution is 2.44. The third-order valence-corrected chi connectivity index (χ3v) is 3.49. The average Bonchev–Trinajstić information content (AvgIpc) is 2.59. The maximum atomic E-state index is 14.0. The van der Waals surface area contributed by atoms with Crippen molar-refractivity contribution in [2.24, 2.45) is 0 Å². The summed E-state index contributed by atoms with van der Waals surface area (Å²) in [4.78, 5) is 32.2. The number of aromatic nitrogens is 2. The zero-order valence-corrected chi connectivity index (χ0v) is 12.1. The molecule has 3 atom stereocenters. The summed E-state index contributed by atoms with van der Waals surface area (Å²) in [5.41, 5.74) is -0.696. The quantitative estimate of drug-likeness (QED) is 0.627. The third kappa shape index (κ3) is 3.40. The average molecular weight is 342 g/mol. The first-order valence-corrected chi connectivity index (χ1v) is 7.52. The summed E-state index contributed by atoms with van der Waals surface area (Å²) in [6.45, 7) is 0.524. The van der Waals surface area contributed by atoms with Crippen LogP contribution < -0.4 is 5.69 Å². The zero-order valence-electron chi connectivity index (χ0n) is 11.2. The summed E-state index contributed by atoms with van der Waals surface area (Å²) in [6.07, 6.45) is -5.26. The Morgan fingerprint density at radius 1 is 1.55 bits per heavy atom. The summed E-state index contributed by atoms with van der Waals surface area (Å²) in [7, 11) is -4.91. The van der Waals surface area contributed by atoms with E-state index in [9.17, 15) is 23.2 Å². The van der Waals surface area contributed by atoms with Crippen molar-refractivity contribution in [2.75, 3.05) is 6.61 Å². The number of halogens is 2. The lowest BCUT2D eigenvalue weighted by atomic mass is 10.1. The normalized spacial score (nSPS) is 28.0. The molecule has 0 radical (unpaired) electrons. The minimum atomic E-state index is -4.91. The van der Waals surface area contributed by atoms with Crippen molar-refractivity contribution >= 4 is 7.82 Å². The fraction of sp³-hybridized carbons (Fsp3) is 0.600. The summed E-state index contributed by atoms with van der Waals surface area (Å²) >= 11 is 0. The Morgan fingerprint density at radius 2 is 2.18 bits per heavy atom. The Hall–Kier alpha value is -1.23. The summed E-state index contributed by atoms with van der Waals surface area (Å²) in [6, 6.07) is 1.30. The molecule has 0 bridgehead atoms. The van der Waals surface area contributed by atoms with Gasteiger partial charge >= 0.3 is 19.4 Å². The van der Waals surface area contributed by atoms with Gasteiger partial charge in [0.1, 0.15) is 6.10 Å². The van der Waals surface area contributed by atoms with Gasteiger partial charge in [-0.25, -0.2) is 9.36 Å². The summed E-state index contributed by atoms with van der Waals surface area (Å²) in [5, 5.41) is 9.55. The molecule has 1 fully saturated rings. The van der Waals surface area contributed by atoms with Crippen molar-refractivity contribution in [1.29, 1.82) is 0 Å². The first-order valence-electron chi connectivity index (χ1n) is 5.99. The van der Waals surface area contributed by atoms with Crippen molar-refractivity contribution in [2.45, 2.75) is 31.3 Å². The van der Waals surface area contributed by atoms with Crippen molar-refractivity contribution in [1.82, 2.24) is 9.55 Å². The zero-order chi connectivity index (χ0) is 16.7. The van der Waals surface area contributed by atoms with Gasteiger partial charge < -0.3 is 19.6 Å². The van der Waals surface area contributed by atoms with E-state index in [2.05, 4.69) is 9.51 Å². The van der Waals surface area contributed by atoms with Crippen molar-refractivity contribution < 1.29 is 37.5 Å². The molecule has 0 aliphatic carbocycles. The SMILES string of the molecule is Cc1ccn([C@@H]2O[C@H](COP(=O)(O)O)[C@H](O)C2(F)F)c(=O)n1. The molecule has 3 N–H and O–H groups in total. The minimum Gasteiger partial charge on any atom is -0.384 e. The molecular formula is C10H13F2N2O7P. The molecule has 0 saturated carbocycles. The Labute approximate surface area is 122 Å². The number of ether oxygens (including phenoxy) is 1. The van der Waals surface area contributed by atoms with Crippen LogP contribution in [0.15, 0.2) is 17.1 Å². The molecule has 0 amide bonds. The van der Waals surface area contributed by atoms with E-state index in [1.54, 1.807) is 0 Å². The van der Waals surface area contributed by atoms with E-state index in [4.69, 9.17) is 14.5 Å². The molecule has 22 heavy (non-hydrogen) atoms. The maximum absolute atomic E-state index is 14.0. The van der Waals surface area contributed by atoms with Crippen LogP contribution in [0.4, 0.5) is 8.78 Å². The van der Waals surface area contributed by atoms with Gasteiger partial charge in [0.15, 0.2) is 6.10 Å². The van der Waals surface area contributed by atoms with Crippen LogP contribution in [-0.4, -0.2) is 49.2 Å². The van der Waals surface area contributed by atoms with Gasteiger partial charge in [-0.2, -0.15) is 13.8 Å². The molecule has 0 aromatic carbocycles. The minimum absolute atomic E-state index is 0.310. The number of hydrogen-bond donors (Lipinski definition) is 3.